The molecule has 0 spiro atoms. The third kappa shape index (κ3) is 8.14. The van der Waals surface area contributed by atoms with Gasteiger partial charge in [0.05, 0.1) is 0 Å². The van der Waals surface area contributed by atoms with Gasteiger partial charge in [0.15, 0.2) is 8.32 Å². The van der Waals surface area contributed by atoms with Gasteiger partial charge in [-0.1, -0.05) is 13.3 Å². The fourth-order valence-corrected chi connectivity index (χ4v) is 1.48. The molecule has 0 bridgehead atoms. The van der Waals surface area contributed by atoms with E-state index in [2.05, 4.69) is 12.2 Å². The number of hydrogen-bond acceptors (Lipinski definition) is 2. The van der Waals surface area contributed by atoms with Crippen LogP contribution in [-0.2, 0) is 0 Å². The summed E-state index contributed by atoms with van der Waals surface area (Å²) in [4.78, 5) is 9.39. The van der Waals surface area contributed by atoms with Crippen molar-refractivity contribution in [2.75, 3.05) is 12.7 Å². The van der Waals surface area contributed by atoms with Gasteiger partial charge in [0.1, 0.15) is 0 Å². The number of nitrogens with one attached hydrogen (secondary N) is 1. The van der Waals surface area contributed by atoms with Crippen molar-refractivity contribution < 1.29 is 4.80 Å². The van der Waals surface area contributed by atoms with Gasteiger partial charge in [-0.15, -0.1) is 0 Å². The third-order valence-electron chi connectivity index (χ3n) is 1.26. The molecule has 10 heavy (non-hydrogen) atoms. The monoisotopic (exact) mass is 161 g/mol. The van der Waals surface area contributed by atoms with Crippen LogP contribution < -0.4 is 5.32 Å². The fraction of sp³-hybridized carbons (Fsp3) is 1.00. The molecule has 0 aliphatic carbocycles. The molecule has 2 nitrogen and oxygen atoms in total. The minimum absolute atomic E-state index is 0.826. The molecule has 62 valence electrons. The average molecular weight is 161 g/mol. The Hall–Kier alpha value is 0.137. The summed E-state index contributed by atoms with van der Waals surface area (Å²) >= 11 is 0. The van der Waals surface area contributed by atoms with E-state index in [9.17, 15) is 4.80 Å². The first-order valence-electron chi connectivity index (χ1n) is 3.99. The van der Waals surface area contributed by atoms with Gasteiger partial charge in [-0.3, -0.25) is 0 Å². The third-order valence-corrected chi connectivity index (χ3v) is 2.38. The van der Waals surface area contributed by atoms with Crippen molar-refractivity contribution in [3.8, 4) is 0 Å². The first kappa shape index (κ1) is 10.1. The summed E-state index contributed by atoms with van der Waals surface area (Å²) in [6.07, 6.45) is 3.26. The molecule has 0 radical (unpaired) electrons. The molecule has 0 aliphatic heterocycles. The molecule has 0 aliphatic rings. The maximum absolute atomic E-state index is 9.39. The molecule has 0 fully saturated rings. The van der Waals surface area contributed by atoms with Gasteiger partial charge in [0.25, 0.3) is 0 Å². The molecule has 0 heterocycles. The Morgan fingerprint density at radius 1 is 1.40 bits per heavy atom. The van der Waals surface area contributed by atoms with Gasteiger partial charge in [-0.05, 0) is 26.1 Å². The quantitative estimate of drug-likeness (QED) is 0.468. The van der Waals surface area contributed by atoms with Gasteiger partial charge < -0.3 is 10.1 Å². The van der Waals surface area contributed by atoms with Gasteiger partial charge >= 0.3 is 0 Å². The molecule has 3 heteroatoms. The second-order valence-electron chi connectivity index (χ2n) is 3.34. The molecular formula is C7H19NOSi. The Balaban J connectivity index is 3.04. The van der Waals surface area contributed by atoms with E-state index in [4.69, 9.17) is 0 Å². The zero-order valence-corrected chi connectivity index (χ0v) is 8.28. The van der Waals surface area contributed by atoms with Crippen LogP contribution in [0.4, 0.5) is 0 Å². The predicted octanol–water partition coefficient (Wildman–Crippen LogP) is 1.11. The van der Waals surface area contributed by atoms with Crippen molar-refractivity contribution in [2.24, 2.45) is 0 Å². The Morgan fingerprint density at radius 2 is 2.00 bits per heavy atom. The second-order valence-corrected chi connectivity index (χ2v) is 7.32. The van der Waals surface area contributed by atoms with Crippen LogP contribution in [0.15, 0.2) is 0 Å². The molecular weight excluding hydrogens is 142 g/mol. The summed E-state index contributed by atoms with van der Waals surface area (Å²) in [6, 6.07) is 0. The Morgan fingerprint density at radius 3 is 2.40 bits per heavy atom. The van der Waals surface area contributed by atoms with Crippen LogP contribution in [0.1, 0.15) is 19.8 Å². The van der Waals surface area contributed by atoms with Crippen molar-refractivity contribution >= 4 is 8.32 Å². The minimum Gasteiger partial charge on any atom is -0.431 e. The molecule has 0 rings (SSSR count). The zero-order chi connectivity index (χ0) is 8.04. The molecule has 0 aromatic heterocycles. The lowest BCUT2D eigenvalue weighted by Crippen LogP contribution is -2.40. The van der Waals surface area contributed by atoms with E-state index >= 15 is 0 Å². The van der Waals surface area contributed by atoms with Crippen LogP contribution in [0.2, 0.25) is 13.1 Å². The van der Waals surface area contributed by atoms with Crippen molar-refractivity contribution in [3.05, 3.63) is 0 Å². The smallest absolute Gasteiger partial charge is 0.196 e. The number of unbranched alkanes of at least 4 members (excludes halogenated alkanes) is 1. The van der Waals surface area contributed by atoms with Crippen molar-refractivity contribution in [3.63, 3.8) is 0 Å². The van der Waals surface area contributed by atoms with Gasteiger partial charge in [-0.2, -0.15) is 0 Å². The van der Waals surface area contributed by atoms with Crippen LogP contribution in [0, 0.1) is 0 Å². The normalized spacial score (nSPS) is 12.0. The van der Waals surface area contributed by atoms with Crippen LogP contribution in [0.3, 0.4) is 0 Å². The van der Waals surface area contributed by atoms with E-state index < -0.39 is 8.32 Å². The van der Waals surface area contributed by atoms with Crippen molar-refractivity contribution in [1.29, 1.82) is 0 Å². The summed E-state index contributed by atoms with van der Waals surface area (Å²) in [6.45, 7) is 7.12. The zero-order valence-electron chi connectivity index (χ0n) is 7.28. The van der Waals surface area contributed by atoms with Crippen LogP contribution >= 0.6 is 0 Å². The summed E-state index contributed by atoms with van der Waals surface area (Å²) in [7, 11) is -1.82. The molecule has 0 aromatic carbocycles. The topological polar surface area (TPSA) is 32.3 Å². The lowest BCUT2D eigenvalue weighted by molar-refractivity contribution is 0.534. The first-order valence-corrected chi connectivity index (χ1v) is 7.15. The summed E-state index contributed by atoms with van der Waals surface area (Å²) < 4.78 is 0. The lowest BCUT2D eigenvalue weighted by Gasteiger charge is -2.14. The van der Waals surface area contributed by atoms with E-state index in [-0.39, 0.29) is 0 Å². The molecule has 2 N–H and O–H groups in total. The van der Waals surface area contributed by atoms with Crippen LogP contribution in [-0.4, -0.2) is 25.8 Å². The van der Waals surface area contributed by atoms with E-state index in [0.29, 0.717) is 0 Å². The number of rotatable bonds is 5. The highest BCUT2D eigenvalue weighted by atomic mass is 28.4. The highest BCUT2D eigenvalue weighted by Crippen LogP contribution is 1.92. The highest BCUT2D eigenvalue weighted by molar-refractivity contribution is 6.69. The van der Waals surface area contributed by atoms with Gasteiger partial charge in [0, 0.05) is 6.17 Å². The van der Waals surface area contributed by atoms with Gasteiger partial charge in [-0.25, -0.2) is 0 Å². The summed E-state index contributed by atoms with van der Waals surface area (Å²) in [5, 5.41) is 3.24. The minimum atomic E-state index is -1.82. The maximum atomic E-state index is 9.39. The molecule has 0 aromatic rings. The molecule has 0 saturated heterocycles. The molecule has 0 unspecified atom stereocenters. The molecule has 0 saturated carbocycles. The largest absolute Gasteiger partial charge is 0.431 e. The molecule has 0 atom stereocenters. The highest BCUT2D eigenvalue weighted by Gasteiger charge is 2.14. The van der Waals surface area contributed by atoms with E-state index in [1.807, 2.05) is 13.1 Å². The second kappa shape index (κ2) is 4.88. The van der Waals surface area contributed by atoms with Gasteiger partial charge in [0.2, 0.25) is 0 Å². The average Bonchev–Trinajstić information content (AvgIpc) is 1.78. The van der Waals surface area contributed by atoms with Crippen molar-refractivity contribution in [1.82, 2.24) is 5.32 Å². The van der Waals surface area contributed by atoms with E-state index in [0.717, 1.165) is 12.7 Å². The predicted molar refractivity (Wildman–Crippen MR) is 47.5 cm³/mol. The fourth-order valence-electron chi connectivity index (χ4n) is 0.696. The standard InChI is InChI=1S/C7H19NOSi/c1-4-5-6-8-7-10(2,3)9/h8-9H,4-7H2,1-3H3. The van der Waals surface area contributed by atoms with Crippen LogP contribution in [0.25, 0.3) is 0 Å². The summed E-state index contributed by atoms with van der Waals surface area (Å²) in [5.41, 5.74) is 0. The Bertz CT molecular complexity index is 80.2. The Labute approximate surface area is 64.8 Å². The lowest BCUT2D eigenvalue weighted by atomic mass is 10.3. The number of hydrogen-bond donors (Lipinski definition) is 2. The molecule has 0 amide bonds. The Kier molecular flexibility index (Phi) is 4.94. The summed E-state index contributed by atoms with van der Waals surface area (Å²) in [5.74, 6) is 0. The van der Waals surface area contributed by atoms with Crippen LogP contribution in [0.5, 0.6) is 0 Å². The first-order chi connectivity index (χ1) is 4.56. The van der Waals surface area contributed by atoms with E-state index in [1.165, 1.54) is 12.8 Å². The maximum Gasteiger partial charge on any atom is 0.196 e. The SMILES string of the molecule is CCCCNC[Si](C)(C)O. The van der Waals surface area contributed by atoms with Crippen molar-refractivity contribution in [2.45, 2.75) is 32.9 Å². The van der Waals surface area contributed by atoms with E-state index in [1.54, 1.807) is 0 Å².